The molecule has 0 bridgehead atoms. The second kappa shape index (κ2) is 5.15. The molecule has 0 amide bonds. The van der Waals surface area contributed by atoms with Crippen LogP contribution in [0.4, 0.5) is 0 Å². The number of aryl methyl sites for hydroxylation is 2. The van der Waals surface area contributed by atoms with Crippen molar-refractivity contribution < 1.29 is 4.74 Å². The van der Waals surface area contributed by atoms with E-state index in [2.05, 4.69) is 40.2 Å². The van der Waals surface area contributed by atoms with Gasteiger partial charge in [-0.2, -0.15) is 0 Å². The number of fused-ring (bicyclic) bond motifs is 1. The molecule has 0 N–H and O–H groups in total. The summed E-state index contributed by atoms with van der Waals surface area (Å²) in [5.74, 6) is 1.89. The molecule has 0 saturated carbocycles. The molecule has 0 unspecified atom stereocenters. The molecule has 1 aliphatic carbocycles. The molecule has 1 aliphatic rings. The van der Waals surface area contributed by atoms with Gasteiger partial charge in [0.2, 0.25) is 0 Å². The number of rotatable bonds is 3. The van der Waals surface area contributed by atoms with E-state index < -0.39 is 0 Å². The molecule has 1 nitrogen and oxygen atoms in total. The average Bonchev–Trinajstić information content (AvgIpc) is 2.87. The lowest BCUT2D eigenvalue weighted by Gasteiger charge is -2.10. The predicted molar refractivity (Wildman–Crippen MR) is 77.6 cm³/mol. The second-order valence-corrected chi connectivity index (χ2v) is 5.19. The van der Waals surface area contributed by atoms with E-state index in [9.17, 15) is 0 Å². The van der Waals surface area contributed by atoms with Crippen LogP contribution in [0.25, 0.3) is 0 Å². The highest BCUT2D eigenvalue weighted by atomic mass is 79.9. The summed E-state index contributed by atoms with van der Waals surface area (Å²) in [6, 6.07) is 14.6. The Morgan fingerprint density at radius 2 is 1.83 bits per heavy atom. The van der Waals surface area contributed by atoms with Crippen molar-refractivity contribution in [1.29, 1.82) is 0 Å². The molecule has 0 radical (unpaired) electrons. The molecule has 2 aromatic rings. The van der Waals surface area contributed by atoms with Crippen molar-refractivity contribution in [2.75, 3.05) is 0 Å². The summed E-state index contributed by atoms with van der Waals surface area (Å²) in [5.41, 5.74) is 4.11. The lowest BCUT2D eigenvalue weighted by atomic mass is 10.1. The second-order valence-electron chi connectivity index (χ2n) is 4.63. The van der Waals surface area contributed by atoms with Crippen LogP contribution in [0.3, 0.4) is 0 Å². The Balaban J connectivity index is 1.88. The van der Waals surface area contributed by atoms with Gasteiger partial charge in [0.15, 0.2) is 0 Å². The first kappa shape index (κ1) is 11.8. The van der Waals surface area contributed by atoms with Gasteiger partial charge in [-0.25, -0.2) is 0 Å². The number of benzene rings is 2. The molecule has 0 aliphatic heterocycles. The van der Waals surface area contributed by atoms with E-state index in [1.807, 2.05) is 18.2 Å². The molecule has 2 heteroatoms. The zero-order valence-electron chi connectivity index (χ0n) is 10.2. The maximum absolute atomic E-state index is 6.00. The van der Waals surface area contributed by atoms with Gasteiger partial charge in [-0.1, -0.05) is 40.2 Å². The van der Waals surface area contributed by atoms with Crippen molar-refractivity contribution in [3.63, 3.8) is 0 Å². The number of ether oxygens (including phenoxy) is 1. The summed E-state index contributed by atoms with van der Waals surface area (Å²) >= 11 is 3.49. The fourth-order valence-electron chi connectivity index (χ4n) is 2.45. The van der Waals surface area contributed by atoms with Gasteiger partial charge in [-0.05, 0) is 48.6 Å². The summed E-state index contributed by atoms with van der Waals surface area (Å²) < 4.78 is 6.00. The zero-order valence-corrected chi connectivity index (χ0v) is 11.7. The van der Waals surface area contributed by atoms with E-state index in [1.54, 1.807) is 0 Å². The summed E-state index contributed by atoms with van der Waals surface area (Å²) in [6.45, 7) is 0. The SMILES string of the molecule is BrCc1ccccc1Oc1ccc2c(c1)CCC2. The Kier molecular flexibility index (Phi) is 3.37. The molecular weight excluding hydrogens is 288 g/mol. The lowest BCUT2D eigenvalue weighted by Crippen LogP contribution is -1.90. The largest absolute Gasteiger partial charge is 0.457 e. The van der Waals surface area contributed by atoms with E-state index in [4.69, 9.17) is 4.74 Å². The Bertz CT molecular complexity index is 563. The van der Waals surface area contributed by atoms with Crippen LogP contribution in [0.1, 0.15) is 23.1 Å². The third kappa shape index (κ3) is 2.30. The third-order valence-electron chi connectivity index (χ3n) is 3.41. The van der Waals surface area contributed by atoms with Crippen LogP contribution < -0.4 is 4.74 Å². The number of hydrogen-bond donors (Lipinski definition) is 0. The van der Waals surface area contributed by atoms with Gasteiger partial charge >= 0.3 is 0 Å². The molecule has 0 saturated heterocycles. The number of halogens is 1. The van der Waals surface area contributed by atoms with Crippen molar-refractivity contribution in [1.82, 2.24) is 0 Å². The van der Waals surface area contributed by atoms with Gasteiger partial charge in [0.05, 0.1) is 0 Å². The molecular formula is C16H15BrO. The van der Waals surface area contributed by atoms with Gasteiger partial charge in [0.25, 0.3) is 0 Å². The normalized spacial score (nSPS) is 13.4. The molecule has 0 aromatic heterocycles. The van der Waals surface area contributed by atoms with Crippen LogP contribution in [-0.2, 0) is 18.2 Å². The van der Waals surface area contributed by atoms with Crippen molar-refractivity contribution in [2.24, 2.45) is 0 Å². The maximum Gasteiger partial charge on any atom is 0.131 e. The lowest BCUT2D eigenvalue weighted by molar-refractivity contribution is 0.478. The number of para-hydroxylation sites is 1. The molecule has 18 heavy (non-hydrogen) atoms. The Morgan fingerprint density at radius 1 is 1.00 bits per heavy atom. The molecule has 0 spiro atoms. The van der Waals surface area contributed by atoms with Gasteiger partial charge in [0, 0.05) is 10.9 Å². The number of alkyl halides is 1. The summed E-state index contributed by atoms with van der Waals surface area (Å²) in [7, 11) is 0. The molecule has 2 aromatic carbocycles. The van der Waals surface area contributed by atoms with Crippen LogP contribution in [0.2, 0.25) is 0 Å². The first-order chi connectivity index (χ1) is 8.86. The topological polar surface area (TPSA) is 9.23 Å². The minimum Gasteiger partial charge on any atom is -0.457 e. The van der Waals surface area contributed by atoms with E-state index in [-0.39, 0.29) is 0 Å². The molecule has 3 rings (SSSR count). The minimum absolute atomic E-state index is 0.814. The van der Waals surface area contributed by atoms with E-state index in [0.717, 1.165) is 16.8 Å². The van der Waals surface area contributed by atoms with Gasteiger partial charge in [-0.15, -0.1) is 0 Å². The molecule has 0 heterocycles. The molecule has 0 atom stereocenters. The van der Waals surface area contributed by atoms with E-state index in [0.29, 0.717) is 0 Å². The zero-order chi connectivity index (χ0) is 12.4. The molecule has 92 valence electrons. The van der Waals surface area contributed by atoms with E-state index in [1.165, 1.54) is 36.0 Å². The fourth-order valence-corrected chi connectivity index (χ4v) is 2.92. The Morgan fingerprint density at radius 3 is 2.72 bits per heavy atom. The smallest absolute Gasteiger partial charge is 0.131 e. The number of hydrogen-bond acceptors (Lipinski definition) is 1. The summed E-state index contributed by atoms with van der Waals surface area (Å²) in [6.07, 6.45) is 3.68. The Hall–Kier alpha value is -1.28. The Labute approximate surface area is 116 Å². The third-order valence-corrected chi connectivity index (χ3v) is 4.02. The average molecular weight is 303 g/mol. The highest BCUT2D eigenvalue weighted by molar-refractivity contribution is 9.08. The highest BCUT2D eigenvalue weighted by Crippen LogP contribution is 2.30. The first-order valence-electron chi connectivity index (χ1n) is 6.30. The van der Waals surface area contributed by atoms with Crippen molar-refractivity contribution in [3.05, 3.63) is 59.2 Å². The fraction of sp³-hybridized carbons (Fsp3) is 0.250. The van der Waals surface area contributed by atoms with Gasteiger partial charge in [0.1, 0.15) is 11.5 Å². The minimum atomic E-state index is 0.814. The van der Waals surface area contributed by atoms with Crippen LogP contribution in [0, 0.1) is 0 Å². The van der Waals surface area contributed by atoms with Crippen molar-refractivity contribution >= 4 is 15.9 Å². The highest BCUT2D eigenvalue weighted by Gasteiger charge is 2.12. The monoisotopic (exact) mass is 302 g/mol. The van der Waals surface area contributed by atoms with Crippen LogP contribution in [-0.4, -0.2) is 0 Å². The van der Waals surface area contributed by atoms with Crippen molar-refractivity contribution in [3.8, 4) is 11.5 Å². The van der Waals surface area contributed by atoms with E-state index >= 15 is 0 Å². The van der Waals surface area contributed by atoms with Crippen LogP contribution >= 0.6 is 15.9 Å². The maximum atomic E-state index is 6.00. The van der Waals surface area contributed by atoms with Gasteiger partial charge in [-0.3, -0.25) is 0 Å². The summed E-state index contributed by atoms with van der Waals surface area (Å²) in [5, 5.41) is 0.814. The van der Waals surface area contributed by atoms with Crippen LogP contribution in [0.5, 0.6) is 11.5 Å². The van der Waals surface area contributed by atoms with Gasteiger partial charge < -0.3 is 4.74 Å². The quantitative estimate of drug-likeness (QED) is 0.736. The van der Waals surface area contributed by atoms with Crippen LogP contribution in [0.15, 0.2) is 42.5 Å². The van der Waals surface area contributed by atoms with Crippen molar-refractivity contribution in [2.45, 2.75) is 24.6 Å². The first-order valence-corrected chi connectivity index (χ1v) is 7.42. The predicted octanol–water partition coefficient (Wildman–Crippen LogP) is 4.86. The summed E-state index contributed by atoms with van der Waals surface area (Å²) in [4.78, 5) is 0. The molecule has 0 fully saturated rings. The standard InChI is InChI=1S/C16H15BrO/c17-11-14-4-1-2-7-16(14)18-15-9-8-12-5-3-6-13(12)10-15/h1-2,4,7-10H,3,5-6,11H2.